The maximum absolute atomic E-state index is 11.7. The second kappa shape index (κ2) is 8.08. The molecule has 1 amide bonds. The van der Waals surface area contributed by atoms with Gasteiger partial charge in [0.05, 0.1) is 0 Å². The first-order valence-corrected chi connectivity index (χ1v) is 6.67. The lowest BCUT2D eigenvalue weighted by atomic mass is 9.99. The topological polar surface area (TPSA) is 69.6 Å². The van der Waals surface area contributed by atoms with Crippen LogP contribution in [0.25, 0.3) is 0 Å². The van der Waals surface area contributed by atoms with Gasteiger partial charge in [0, 0.05) is 19.5 Å². The number of aliphatic carboxylic acids is 1. The van der Waals surface area contributed by atoms with Crippen LogP contribution in [-0.2, 0) is 9.59 Å². The molecule has 0 bridgehead atoms. The van der Waals surface area contributed by atoms with Crippen molar-refractivity contribution in [3.05, 3.63) is 0 Å². The average Bonchev–Trinajstić information content (AvgIpc) is 2.35. The van der Waals surface area contributed by atoms with Crippen LogP contribution in [-0.4, -0.2) is 47.1 Å². The molecule has 0 aromatic rings. The molecule has 1 atom stereocenters. The molecule has 0 radical (unpaired) electrons. The van der Waals surface area contributed by atoms with Crippen molar-refractivity contribution >= 4 is 11.9 Å². The first-order valence-electron chi connectivity index (χ1n) is 6.67. The maximum atomic E-state index is 11.7. The molecule has 0 aliphatic carbocycles. The number of nitrogens with zero attached hydrogens (tertiary/aromatic N) is 1. The fourth-order valence-electron chi connectivity index (χ4n) is 1.69. The van der Waals surface area contributed by atoms with E-state index in [4.69, 9.17) is 5.11 Å². The minimum atomic E-state index is -0.891. The van der Waals surface area contributed by atoms with E-state index in [1.54, 1.807) is 11.8 Å². The third-order valence-electron chi connectivity index (χ3n) is 3.38. The van der Waals surface area contributed by atoms with Crippen molar-refractivity contribution in [3.63, 3.8) is 0 Å². The molecule has 18 heavy (non-hydrogen) atoms. The highest BCUT2D eigenvalue weighted by molar-refractivity contribution is 5.78. The minimum absolute atomic E-state index is 0.135. The van der Waals surface area contributed by atoms with E-state index in [0.29, 0.717) is 25.8 Å². The van der Waals surface area contributed by atoms with Gasteiger partial charge in [-0.15, -0.1) is 0 Å². The molecule has 5 nitrogen and oxygen atoms in total. The van der Waals surface area contributed by atoms with Crippen molar-refractivity contribution < 1.29 is 14.7 Å². The predicted octanol–water partition coefficient (Wildman–Crippen LogP) is 1.48. The van der Waals surface area contributed by atoms with Crippen LogP contribution in [0.3, 0.4) is 0 Å². The number of carboxylic acids is 1. The van der Waals surface area contributed by atoms with Crippen LogP contribution in [0.5, 0.6) is 0 Å². The van der Waals surface area contributed by atoms with Crippen molar-refractivity contribution in [2.75, 3.05) is 19.6 Å². The van der Waals surface area contributed by atoms with E-state index in [1.165, 1.54) is 0 Å². The smallest absolute Gasteiger partial charge is 0.323 e. The van der Waals surface area contributed by atoms with Gasteiger partial charge >= 0.3 is 5.97 Å². The van der Waals surface area contributed by atoms with E-state index in [-0.39, 0.29) is 5.91 Å². The zero-order valence-electron chi connectivity index (χ0n) is 12.0. The van der Waals surface area contributed by atoms with Gasteiger partial charge in [0.2, 0.25) is 5.91 Å². The van der Waals surface area contributed by atoms with Crippen molar-refractivity contribution in [2.45, 2.75) is 52.5 Å². The number of carbonyl (C=O) groups is 2. The molecule has 0 aromatic carbocycles. The number of carboxylic acid groups (broad SMARTS) is 1. The number of amides is 1. The van der Waals surface area contributed by atoms with Crippen LogP contribution in [0.2, 0.25) is 0 Å². The molecule has 0 heterocycles. The lowest BCUT2D eigenvalue weighted by molar-refractivity contribution is -0.144. The quantitative estimate of drug-likeness (QED) is 0.615. The first kappa shape index (κ1) is 16.9. The Hall–Kier alpha value is -1.10. The Morgan fingerprint density at radius 3 is 2.17 bits per heavy atom. The fourth-order valence-corrected chi connectivity index (χ4v) is 1.69. The number of rotatable bonds is 9. The first-order chi connectivity index (χ1) is 8.41. The second-order valence-electron chi connectivity index (χ2n) is 4.59. The number of hydrogen-bond acceptors (Lipinski definition) is 3. The molecule has 0 rings (SSSR count). The van der Waals surface area contributed by atoms with Gasteiger partial charge in [-0.1, -0.05) is 6.92 Å². The van der Waals surface area contributed by atoms with Gasteiger partial charge < -0.3 is 15.3 Å². The summed E-state index contributed by atoms with van der Waals surface area (Å²) in [4.78, 5) is 24.5. The number of nitrogens with one attached hydrogen (secondary N) is 1. The van der Waals surface area contributed by atoms with E-state index in [2.05, 4.69) is 5.32 Å². The molecule has 5 heteroatoms. The van der Waals surface area contributed by atoms with Crippen molar-refractivity contribution in [3.8, 4) is 0 Å². The third-order valence-corrected chi connectivity index (χ3v) is 3.38. The van der Waals surface area contributed by atoms with Crippen LogP contribution in [0.1, 0.15) is 47.0 Å². The maximum Gasteiger partial charge on any atom is 0.323 e. The predicted molar refractivity (Wildman–Crippen MR) is 71.5 cm³/mol. The van der Waals surface area contributed by atoms with E-state index in [9.17, 15) is 9.59 Å². The Morgan fingerprint density at radius 2 is 1.78 bits per heavy atom. The lowest BCUT2D eigenvalue weighted by Gasteiger charge is -2.25. The summed E-state index contributed by atoms with van der Waals surface area (Å²) >= 11 is 0. The SMILES string of the molecule is CCN(CC)C(=O)CCCNC(C)(CC)C(=O)O. The van der Waals surface area contributed by atoms with Gasteiger partial charge in [-0.25, -0.2) is 0 Å². The molecule has 1 unspecified atom stereocenters. The van der Waals surface area contributed by atoms with E-state index in [0.717, 1.165) is 13.1 Å². The highest BCUT2D eigenvalue weighted by Gasteiger charge is 2.29. The van der Waals surface area contributed by atoms with Crippen molar-refractivity contribution in [1.29, 1.82) is 0 Å². The summed E-state index contributed by atoms with van der Waals surface area (Å²) in [5.41, 5.74) is -0.891. The molecular weight excluding hydrogens is 232 g/mol. The summed E-state index contributed by atoms with van der Waals surface area (Å²) in [6, 6.07) is 0. The number of carbonyl (C=O) groups excluding carboxylic acids is 1. The van der Waals surface area contributed by atoms with Gasteiger partial charge in [-0.3, -0.25) is 9.59 Å². The average molecular weight is 258 g/mol. The Bertz CT molecular complexity index is 277. The van der Waals surface area contributed by atoms with Gasteiger partial charge in [0.15, 0.2) is 0 Å². The summed E-state index contributed by atoms with van der Waals surface area (Å²) in [6.45, 7) is 9.42. The molecule has 0 saturated heterocycles. The zero-order chi connectivity index (χ0) is 14.2. The van der Waals surface area contributed by atoms with Crippen LogP contribution in [0.4, 0.5) is 0 Å². The summed E-state index contributed by atoms with van der Waals surface area (Å²) in [5.74, 6) is -0.713. The summed E-state index contributed by atoms with van der Waals surface area (Å²) < 4.78 is 0. The van der Waals surface area contributed by atoms with Gasteiger partial charge in [0.1, 0.15) is 5.54 Å². The number of hydrogen-bond donors (Lipinski definition) is 2. The summed E-state index contributed by atoms with van der Waals surface area (Å²) in [6.07, 6.45) is 1.65. The van der Waals surface area contributed by atoms with E-state index < -0.39 is 11.5 Å². The molecule has 0 spiro atoms. The lowest BCUT2D eigenvalue weighted by Crippen LogP contribution is -2.49. The molecule has 0 aromatic heterocycles. The Labute approximate surface area is 110 Å². The van der Waals surface area contributed by atoms with Crippen LogP contribution in [0.15, 0.2) is 0 Å². The minimum Gasteiger partial charge on any atom is -0.480 e. The van der Waals surface area contributed by atoms with Crippen molar-refractivity contribution in [2.24, 2.45) is 0 Å². The second-order valence-corrected chi connectivity index (χ2v) is 4.59. The Kier molecular flexibility index (Phi) is 7.59. The van der Waals surface area contributed by atoms with Crippen LogP contribution in [0, 0.1) is 0 Å². The Balaban J connectivity index is 3.99. The summed E-state index contributed by atoms with van der Waals surface area (Å²) in [5, 5.41) is 12.1. The van der Waals surface area contributed by atoms with Gasteiger partial charge in [-0.05, 0) is 40.2 Å². The standard InChI is InChI=1S/C13H26N2O3/c1-5-13(4,12(17)18)14-10-8-9-11(16)15(6-2)7-3/h14H,5-10H2,1-4H3,(H,17,18). The normalized spacial score (nSPS) is 14.0. The molecular formula is C13H26N2O3. The molecule has 0 fully saturated rings. The Morgan fingerprint density at radius 1 is 1.22 bits per heavy atom. The fraction of sp³-hybridized carbons (Fsp3) is 0.846. The molecule has 2 N–H and O–H groups in total. The van der Waals surface area contributed by atoms with E-state index in [1.807, 2.05) is 20.8 Å². The van der Waals surface area contributed by atoms with Gasteiger partial charge in [0.25, 0.3) is 0 Å². The zero-order valence-corrected chi connectivity index (χ0v) is 12.0. The molecule has 106 valence electrons. The van der Waals surface area contributed by atoms with E-state index >= 15 is 0 Å². The summed E-state index contributed by atoms with van der Waals surface area (Å²) in [7, 11) is 0. The molecule has 0 aliphatic heterocycles. The highest BCUT2D eigenvalue weighted by atomic mass is 16.4. The molecule has 0 aliphatic rings. The van der Waals surface area contributed by atoms with Crippen LogP contribution < -0.4 is 5.32 Å². The largest absolute Gasteiger partial charge is 0.480 e. The van der Waals surface area contributed by atoms with Crippen LogP contribution >= 0.6 is 0 Å². The van der Waals surface area contributed by atoms with Gasteiger partial charge in [-0.2, -0.15) is 0 Å². The third kappa shape index (κ3) is 5.04. The molecule has 0 saturated carbocycles. The monoisotopic (exact) mass is 258 g/mol. The highest BCUT2D eigenvalue weighted by Crippen LogP contribution is 2.09. The van der Waals surface area contributed by atoms with Crippen molar-refractivity contribution in [1.82, 2.24) is 10.2 Å².